The van der Waals surface area contributed by atoms with E-state index >= 15 is 4.39 Å². The lowest BCUT2D eigenvalue weighted by atomic mass is 9.92. The van der Waals surface area contributed by atoms with Gasteiger partial charge in [0.15, 0.2) is 0 Å². The maximum atomic E-state index is 15.4. The third-order valence-electron chi connectivity index (χ3n) is 6.48. The van der Waals surface area contributed by atoms with E-state index in [1.165, 1.54) is 0 Å². The number of hydrogen-bond donors (Lipinski definition) is 1. The van der Waals surface area contributed by atoms with E-state index in [1.54, 1.807) is 44.4 Å². The first-order valence-corrected chi connectivity index (χ1v) is 12.3. The molecule has 0 aliphatic heterocycles. The molecule has 4 rings (SSSR count). The number of methoxy groups -OCH3 is 1. The van der Waals surface area contributed by atoms with E-state index in [0.717, 1.165) is 22.3 Å². The van der Waals surface area contributed by atoms with Gasteiger partial charge in [0.05, 0.1) is 26.2 Å². The smallest absolute Gasteiger partial charge is 0.310 e. The van der Waals surface area contributed by atoms with Crippen LogP contribution >= 0.6 is 0 Å². The fourth-order valence-electron chi connectivity index (χ4n) is 4.65. The van der Waals surface area contributed by atoms with Gasteiger partial charge in [0.1, 0.15) is 23.9 Å². The molecule has 3 aromatic rings. The van der Waals surface area contributed by atoms with Gasteiger partial charge < -0.3 is 19.9 Å². The molecule has 0 fully saturated rings. The van der Waals surface area contributed by atoms with Crippen LogP contribution in [0.25, 0.3) is 17.2 Å². The largest absolute Gasteiger partial charge is 0.497 e. The van der Waals surface area contributed by atoms with Crippen molar-refractivity contribution in [3.8, 4) is 22.6 Å². The predicted molar refractivity (Wildman–Crippen MR) is 143 cm³/mol. The number of carbonyl (C=O) groups is 1. The number of likely N-dealkylation sites (N-methyl/N-ethyl adjacent to an activating group) is 1. The zero-order valence-corrected chi connectivity index (χ0v) is 21.7. The topological polar surface area (TPSA) is 74.0 Å². The van der Waals surface area contributed by atoms with Gasteiger partial charge in [-0.05, 0) is 73.6 Å². The van der Waals surface area contributed by atoms with Gasteiger partial charge in [0, 0.05) is 23.2 Å². The summed E-state index contributed by atoms with van der Waals surface area (Å²) >= 11 is 0. The van der Waals surface area contributed by atoms with Crippen LogP contribution in [0.1, 0.15) is 40.8 Å². The molecule has 0 aromatic heterocycles. The van der Waals surface area contributed by atoms with Gasteiger partial charge in [-0.3, -0.25) is 9.69 Å². The maximum absolute atomic E-state index is 15.4. The lowest BCUT2D eigenvalue weighted by Gasteiger charge is -2.22. The third-order valence-corrected chi connectivity index (χ3v) is 6.48. The van der Waals surface area contributed by atoms with Gasteiger partial charge in [-0.2, -0.15) is 0 Å². The van der Waals surface area contributed by atoms with Gasteiger partial charge in [0.2, 0.25) is 0 Å². The van der Waals surface area contributed by atoms with Crippen molar-refractivity contribution >= 4 is 12.0 Å². The zero-order chi connectivity index (χ0) is 26.5. The van der Waals surface area contributed by atoms with Gasteiger partial charge in [-0.25, -0.2) is 4.39 Å². The summed E-state index contributed by atoms with van der Waals surface area (Å²) in [7, 11) is 5.60. The number of benzene rings is 3. The summed E-state index contributed by atoms with van der Waals surface area (Å²) in [6.45, 7) is 2.44. The molecule has 2 N–H and O–H groups in total. The second-order valence-corrected chi connectivity index (χ2v) is 9.14. The molecule has 194 valence electrons. The number of esters is 1. The van der Waals surface area contributed by atoms with Crippen molar-refractivity contribution in [1.29, 1.82) is 0 Å². The molecule has 0 saturated heterocycles. The quantitative estimate of drug-likeness (QED) is 0.379. The first-order chi connectivity index (χ1) is 17.9. The number of carbonyl (C=O) groups excluding carboxylic acids is 1. The van der Waals surface area contributed by atoms with Gasteiger partial charge in [-0.1, -0.05) is 30.4 Å². The van der Waals surface area contributed by atoms with Crippen LogP contribution in [-0.4, -0.2) is 38.7 Å². The van der Waals surface area contributed by atoms with Crippen LogP contribution in [0.2, 0.25) is 0 Å². The molecule has 0 amide bonds. The molecule has 3 aromatic carbocycles. The first-order valence-electron chi connectivity index (χ1n) is 12.3. The number of fused-ring (bicyclic) bond motifs is 1. The Morgan fingerprint density at radius 2 is 1.89 bits per heavy atom. The molecule has 0 heterocycles. The summed E-state index contributed by atoms with van der Waals surface area (Å²) in [5.41, 5.74) is 11.2. The minimum atomic E-state index is -0.337. The Morgan fingerprint density at radius 1 is 1.08 bits per heavy atom. The number of ether oxygens (including phenoxy) is 3. The highest BCUT2D eigenvalue weighted by Gasteiger charge is 2.25. The van der Waals surface area contributed by atoms with E-state index in [-0.39, 0.29) is 37.4 Å². The third kappa shape index (κ3) is 5.68. The lowest BCUT2D eigenvalue weighted by Crippen LogP contribution is -2.17. The van der Waals surface area contributed by atoms with Gasteiger partial charge in [0.25, 0.3) is 0 Å². The summed E-state index contributed by atoms with van der Waals surface area (Å²) in [6.07, 6.45) is 4.24. The van der Waals surface area contributed by atoms with E-state index in [0.29, 0.717) is 34.8 Å². The number of nitrogens with zero attached hydrogens (tertiary/aromatic N) is 1. The number of halogens is 1. The highest BCUT2D eigenvalue weighted by atomic mass is 19.1. The standard InChI is InChI=1S/C30H33FN2O4/c1-5-36-29(34)16-21-15-22(35-4)9-12-28(21)37-18-19-13-25(24-8-6-7-20(17-32)30(24)31)23-10-11-27(33(2)3)26(23)14-19/h6-15,27H,5,16-18,32H2,1-4H3. The van der Waals surface area contributed by atoms with Crippen LogP contribution in [0.5, 0.6) is 11.5 Å². The van der Waals surface area contributed by atoms with Crippen LogP contribution < -0.4 is 15.2 Å². The van der Waals surface area contributed by atoms with Gasteiger partial charge in [-0.15, -0.1) is 0 Å². The zero-order valence-electron chi connectivity index (χ0n) is 21.7. The van der Waals surface area contributed by atoms with Crippen LogP contribution in [-0.2, 0) is 29.1 Å². The molecule has 0 bridgehead atoms. The lowest BCUT2D eigenvalue weighted by molar-refractivity contribution is -0.142. The van der Waals surface area contributed by atoms with Crippen LogP contribution in [0.4, 0.5) is 4.39 Å². The Balaban J connectivity index is 1.71. The molecule has 0 spiro atoms. The maximum Gasteiger partial charge on any atom is 0.310 e. The summed E-state index contributed by atoms with van der Waals surface area (Å²) in [5, 5.41) is 0. The van der Waals surface area contributed by atoms with Crippen molar-refractivity contribution in [1.82, 2.24) is 4.90 Å². The molecule has 37 heavy (non-hydrogen) atoms. The minimum absolute atomic E-state index is 0.0646. The number of rotatable bonds is 10. The Kier molecular flexibility index (Phi) is 8.26. The Bertz CT molecular complexity index is 1320. The van der Waals surface area contributed by atoms with Gasteiger partial charge >= 0.3 is 5.97 Å². The van der Waals surface area contributed by atoms with E-state index < -0.39 is 0 Å². The molecule has 1 aliphatic rings. The molecule has 0 radical (unpaired) electrons. The van der Waals surface area contributed by atoms with Crippen LogP contribution in [0.15, 0.2) is 54.6 Å². The molecule has 7 heteroatoms. The Hall–Kier alpha value is -3.68. The summed E-state index contributed by atoms with van der Waals surface area (Å²) in [6, 6.07) is 14.8. The molecule has 1 atom stereocenters. The average Bonchev–Trinajstić information content (AvgIpc) is 3.32. The van der Waals surface area contributed by atoms with E-state index in [9.17, 15) is 4.79 Å². The summed E-state index contributed by atoms with van der Waals surface area (Å²) in [4.78, 5) is 14.3. The summed E-state index contributed by atoms with van der Waals surface area (Å²) < 4.78 is 32.0. The Morgan fingerprint density at radius 3 is 2.59 bits per heavy atom. The van der Waals surface area contributed by atoms with Crippen molar-refractivity contribution in [2.45, 2.75) is 32.5 Å². The predicted octanol–water partition coefficient (Wildman–Crippen LogP) is 5.27. The Labute approximate surface area is 217 Å². The van der Waals surface area contributed by atoms with E-state index in [1.807, 2.05) is 26.2 Å². The normalized spacial score (nSPS) is 14.1. The molecular weight excluding hydrogens is 471 g/mol. The summed E-state index contributed by atoms with van der Waals surface area (Å²) in [5.74, 6) is 0.547. The minimum Gasteiger partial charge on any atom is -0.497 e. The molecule has 1 unspecified atom stereocenters. The van der Waals surface area contributed by atoms with Crippen molar-refractivity contribution in [3.05, 3.63) is 88.2 Å². The van der Waals surface area contributed by atoms with Crippen molar-refractivity contribution in [2.24, 2.45) is 5.73 Å². The number of nitrogens with two attached hydrogens (primary N) is 1. The fourth-order valence-corrected chi connectivity index (χ4v) is 4.65. The highest BCUT2D eigenvalue weighted by molar-refractivity contribution is 5.81. The van der Waals surface area contributed by atoms with Crippen LogP contribution in [0, 0.1) is 5.82 Å². The van der Waals surface area contributed by atoms with E-state index in [2.05, 4.69) is 23.1 Å². The van der Waals surface area contributed by atoms with Crippen LogP contribution in [0.3, 0.4) is 0 Å². The monoisotopic (exact) mass is 504 g/mol. The second-order valence-electron chi connectivity index (χ2n) is 9.14. The number of hydrogen-bond acceptors (Lipinski definition) is 6. The SMILES string of the molecule is CCOC(=O)Cc1cc(OC)ccc1OCc1cc(-c2cccc(CN)c2F)c2c(c1)C(N(C)C)C=C2. The second kappa shape index (κ2) is 11.6. The van der Waals surface area contributed by atoms with Crippen molar-refractivity contribution in [2.75, 3.05) is 27.8 Å². The molecule has 1 aliphatic carbocycles. The first kappa shape index (κ1) is 26.4. The average molecular weight is 505 g/mol. The fraction of sp³-hybridized carbons (Fsp3) is 0.300. The van der Waals surface area contributed by atoms with E-state index in [4.69, 9.17) is 19.9 Å². The van der Waals surface area contributed by atoms with Crippen molar-refractivity contribution in [3.63, 3.8) is 0 Å². The molecule has 6 nitrogen and oxygen atoms in total. The molecular formula is C30H33FN2O4. The van der Waals surface area contributed by atoms with Crippen molar-refractivity contribution < 1.29 is 23.4 Å². The highest BCUT2D eigenvalue weighted by Crippen LogP contribution is 2.40. The molecule has 0 saturated carbocycles.